The molecule has 0 bridgehead atoms. The van der Waals surface area contributed by atoms with Gasteiger partial charge in [-0.2, -0.15) is 5.10 Å². The average Bonchev–Trinajstić information content (AvgIpc) is 2.71. The first-order valence-corrected chi connectivity index (χ1v) is 5.54. The van der Waals surface area contributed by atoms with Crippen molar-refractivity contribution in [3.63, 3.8) is 0 Å². The average molecular weight is 250 g/mol. The summed E-state index contributed by atoms with van der Waals surface area (Å²) in [6, 6.07) is 4.87. The van der Waals surface area contributed by atoms with Crippen LogP contribution in [0.1, 0.15) is 11.3 Å². The number of benzene rings is 1. The molecule has 2 rings (SSSR count). The Bertz CT molecular complexity index is 552. The van der Waals surface area contributed by atoms with Crippen LogP contribution in [0.2, 0.25) is 0 Å². The highest BCUT2D eigenvalue weighted by atomic mass is 19.1. The molecule has 0 N–H and O–H groups in total. The Balaban J connectivity index is 2.54. The molecule has 2 aromatic rings. The predicted octanol–water partition coefficient (Wildman–Crippen LogP) is 2.47. The summed E-state index contributed by atoms with van der Waals surface area (Å²) in [7, 11) is 3.13. The van der Waals surface area contributed by atoms with Crippen molar-refractivity contribution in [1.82, 2.24) is 9.78 Å². The van der Waals surface area contributed by atoms with Gasteiger partial charge in [0, 0.05) is 12.7 Å². The molecule has 96 valence electrons. The number of para-hydroxylation sites is 1. The molecule has 0 aliphatic heterocycles. The van der Waals surface area contributed by atoms with Gasteiger partial charge in [0.25, 0.3) is 0 Å². The number of hydrogen-bond acceptors (Lipinski definition) is 3. The Morgan fingerprint density at radius 3 is 2.72 bits per heavy atom. The SMILES string of the molecule is COCc1cccc(F)c1-n1cc(OC)c(C)n1. The van der Waals surface area contributed by atoms with Gasteiger partial charge in [-0.15, -0.1) is 0 Å². The molecule has 1 aromatic carbocycles. The lowest BCUT2D eigenvalue weighted by atomic mass is 10.2. The largest absolute Gasteiger partial charge is 0.493 e. The second-order valence-corrected chi connectivity index (χ2v) is 3.91. The van der Waals surface area contributed by atoms with Gasteiger partial charge in [0.1, 0.15) is 17.2 Å². The lowest BCUT2D eigenvalue weighted by molar-refractivity contribution is 0.184. The summed E-state index contributed by atoms with van der Waals surface area (Å²) < 4.78 is 25.7. The van der Waals surface area contributed by atoms with Crippen molar-refractivity contribution >= 4 is 0 Å². The summed E-state index contributed by atoms with van der Waals surface area (Å²) >= 11 is 0. The molecule has 0 saturated carbocycles. The van der Waals surface area contributed by atoms with Crippen LogP contribution in [0.25, 0.3) is 5.69 Å². The van der Waals surface area contributed by atoms with Crippen molar-refractivity contribution in [2.45, 2.75) is 13.5 Å². The number of ether oxygens (including phenoxy) is 2. The molecule has 0 atom stereocenters. The van der Waals surface area contributed by atoms with Crippen molar-refractivity contribution < 1.29 is 13.9 Å². The first-order valence-electron chi connectivity index (χ1n) is 5.54. The molecule has 0 saturated heterocycles. The summed E-state index contributed by atoms with van der Waals surface area (Å²) in [6.07, 6.45) is 1.66. The van der Waals surface area contributed by atoms with Crippen LogP contribution in [0.15, 0.2) is 24.4 Å². The maximum atomic E-state index is 13.9. The maximum Gasteiger partial charge on any atom is 0.160 e. The van der Waals surface area contributed by atoms with E-state index in [0.29, 0.717) is 23.7 Å². The minimum Gasteiger partial charge on any atom is -0.493 e. The highest BCUT2D eigenvalue weighted by Crippen LogP contribution is 2.23. The Kier molecular flexibility index (Phi) is 3.62. The van der Waals surface area contributed by atoms with Gasteiger partial charge in [-0.1, -0.05) is 12.1 Å². The molecule has 0 amide bonds. The molecule has 18 heavy (non-hydrogen) atoms. The third kappa shape index (κ3) is 2.22. The van der Waals surface area contributed by atoms with Gasteiger partial charge >= 0.3 is 0 Å². The van der Waals surface area contributed by atoms with E-state index in [4.69, 9.17) is 9.47 Å². The molecular weight excluding hydrogens is 235 g/mol. The van der Waals surface area contributed by atoms with E-state index < -0.39 is 0 Å². The normalized spacial score (nSPS) is 10.7. The van der Waals surface area contributed by atoms with Gasteiger partial charge in [0.2, 0.25) is 0 Å². The van der Waals surface area contributed by atoms with Crippen molar-refractivity contribution in [1.29, 1.82) is 0 Å². The summed E-state index contributed by atoms with van der Waals surface area (Å²) in [5.41, 5.74) is 1.84. The number of aromatic nitrogens is 2. The molecule has 1 aromatic heterocycles. The van der Waals surface area contributed by atoms with Crippen LogP contribution in [0, 0.1) is 12.7 Å². The van der Waals surface area contributed by atoms with Crippen molar-refractivity contribution in [3.8, 4) is 11.4 Å². The van der Waals surface area contributed by atoms with Crippen molar-refractivity contribution in [2.75, 3.05) is 14.2 Å². The van der Waals surface area contributed by atoms with E-state index in [-0.39, 0.29) is 5.82 Å². The molecule has 0 fully saturated rings. The first-order chi connectivity index (χ1) is 8.67. The minimum absolute atomic E-state index is 0.328. The fraction of sp³-hybridized carbons (Fsp3) is 0.308. The van der Waals surface area contributed by atoms with Crippen molar-refractivity contribution in [3.05, 3.63) is 41.5 Å². The smallest absolute Gasteiger partial charge is 0.160 e. The second-order valence-electron chi connectivity index (χ2n) is 3.91. The molecule has 1 heterocycles. The van der Waals surface area contributed by atoms with Crippen molar-refractivity contribution in [2.24, 2.45) is 0 Å². The van der Waals surface area contributed by atoms with E-state index in [2.05, 4.69) is 5.10 Å². The minimum atomic E-state index is -0.338. The Labute approximate surface area is 105 Å². The first kappa shape index (κ1) is 12.6. The van der Waals surface area contributed by atoms with E-state index in [0.717, 1.165) is 5.56 Å². The highest BCUT2D eigenvalue weighted by Gasteiger charge is 2.14. The van der Waals surface area contributed by atoms with Crippen LogP contribution < -0.4 is 4.74 Å². The number of halogens is 1. The standard InChI is InChI=1S/C13H15FN2O2/c1-9-12(18-3)7-16(15-9)13-10(8-17-2)5-4-6-11(13)14/h4-7H,8H2,1-3H3. The lowest BCUT2D eigenvalue weighted by Gasteiger charge is -2.09. The predicted molar refractivity (Wildman–Crippen MR) is 65.5 cm³/mol. The van der Waals surface area contributed by atoms with Gasteiger partial charge in [-0.3, -0.25) is 0 Å². The van der Waals surface area contributed by atoms with E-state index in [1.807, 2.05) is 13.0 Å². The number of methoxy groups -OCH3 is 2. The molecule has 0 unspecified atom stereocenters. The molecule has 0 radical (unpaired) electrons. The number of rotatable bonds is 4. The Morgan fingerprint density at radius 2 is 2.11 bits per heavy atom. The second kappa shape index (κ2) is 5.18. The number of aryl methyl sites for hydroxylation is 1. The summed E-state index contributed by atoms with van der Waals surface area (Å²) in [6.45, 7) is 2.14. The van der Waals surface area contributed by atoms with Crippen LogP contribution in [-0.2, 0) is 11.3 Å². The quantitative estimate of drug-likeness (QED) is 0.836. The maximum absolute atomic E-state index is 13.9. The summed E-state index contributed by atoms with van der Waals surface area (Å²) in [4.78, 5) is 0. The van der Waals surface area contributed by atoms with Gasteiger partial charge in [0.15, 0.2) is 5.75 Å². The van der Waals surface area contributed by atoms with Gasteiger partial charge < -0.3 is 9.47 Å². The molecule has 0 spiro atoms. The van der Waals surface area contributed by atoms with E-state index >= 15 is 0 Å². The van der Waals surface area contributed by atoms with Gasteiger partial charge in [0.05, 0.1) is 19.9 Å². The fourth-order valence-corrected chi connectivity index (χ4v) is 1.85. The molecule has 0 aliphatic rings. The van der Waals surface area contributed by atoms with Gasteiger partial charge in [-0.25, -0.2) is 9.07 Å². The molecule has 4 nitrogen and oxygen atoms in total. The topological polar surface area (TPSA) is 36.3 Å². The van der Waals surface area contributed by atoms with Crippen LogP contribution in [0.3, 0.4) is 0 Å². The Hall–Kier alpha value is -1.88. The van der Waals surface area contributed by atoms with Crippen LogP contribution in [-0.4, -0.2) is 24.0 Å². The van der Waals surface area contributed by atoms with Crippen LogP contribution in [0.4, 0.5) is 4.39 Å². The van der Waals surface area contributed by atoms with Crippen LogP contribution >= 0.6 is 0 Å². The molecule has 5 heteroatoms. The molecule has 0 aliphatic carbocycles. The third-order valence-electron chi connectivity index (χ3n) is 2.67. The zero-order valence-corrected chi connectivity index (χ0v) is 10.6. The summed E-state index contributed by atoms with van der Waals surface area (Å²) in [5, 5.41) is 4.25. The lowest BCUT2D eigenvalue weighted by Crippen LogP contribution is -2.04. The monoisotopic (exact) mass is 250 g/mol. The third-order valence-corrected chi connectivity index (χ3v) is 2.67. The highest BCUT2D eigenvalue weighted by molar-refractivity contribution is 5.43. The fourth-order valence-electron chi connectivity index (χ4n) is 1.85. The molecular formula is C13H15FN2O2. The Morgan fingerprint density at radius 1 is 1.33 bits per heavy atom. The van der Waals surface area contributed by atoms with E-state index in [1.165, 1.54) is 10.7 Å². The zero-order chi connectivity index (χ0) is 13.1. The van der Waals surface area contributed by atoms with E-state index in [1.54, 1.807) is 26.5 Å². The zero-order valence-electron chi connectivity index (χ0n) is 10.6. The number of nitrogens with zero attached hydrogens (tertiary/aromatic N) is 2. The van der Waals surface area contributed by atoms with E-state index in [9.17, 15) is 4.39 Å². The number of hydrogen-bond donors (Lipinski definition) is 0. The van der Waals surface area contributed by atoms with Gasteiger partial charge in [-0.05, 0) is 13.0 Å². The van der Waals surface area contributed by atoms with Crippen LogP contribution in [0.5, 0.6) is 5.75 Å². The summed E-state index contributed by atoms with van der Waals surface area (Å²) in [5.74, 6) is 0.288.